The number of ether oxygens (including phenoxy) is 1. The fourth-order valence-electron chi connectivity index (χ4n) is 1.28. The minimum Gasteiger partial charge on any atom is -0.468 e. The number of aryl methyl sites for hydroxylation is 1. The van der Waals surface area contributed by atoms with Gasteiger partial charge in [0.15, 0.2) is 0 Å². The van der Waals surface area contributed by atoms with Gasteiger partial charge in [-0.15, -0.1) is 0 Å². The number of aromatic amines is 1. The number of hydrogen-bond donors (Lipinski definition) is 1. The van der Waals surface area contributed by atoms with Crippen molar-refractivity contribution in [2.45, 2.75) is 13.8 Å². The lowest BCUT2D eigenvalue weighted by atomic mass is 10.2. The second kappa shape index (κ2) is 5.86. The number of hydrogen-bond acceptors (Lipinski definition) is 2. The Bertz CT molecular complexity index is 420. The fourth-order valence-corrected chi connectivity index (χ4v) is 1.28. The lowest BCUT2D eigenvalue weighted by Gasteiger charge is -1.86. The van der Waals surface area contributed by atoms with E-state index in [0.717, 1.165) is 0 Å². The van der Waals surface area contributed by atoms with Crippen LogP contribution in [0.2, 0.25) is 0 Å². The van der Waals surface area contributed by atoms with Crippen LogP contribution in [0.3, 0.4) is 0 Å². The summed E-state index contributed by atoms with van der Waals surface area (Å²) in [7, 11) is 0. The lowest BCUT2D eigenvalue weighted by Crippen LogP contribution is -1.80. The number of aromatic nitrogens is 1. The van der Waals surface area contributed by atoms with E-state index in [0.29, 0.717) is 13.1 Å². The molecular formula is C12H15NO2. The molecule has 2 aromatic rings. The smallest absolute Gasteiger partial charge is 0.293 e. The summed E-state index contributed by atoms with van der Waals surface area (Å²) in [5.41, 5.74) is 2.54. The summed E-state index contributed by atoms with van der Waals surface area (Å²) in [6.07, 6.45) is 2.03. The summed E-state index contributed by atoms with van der Waals surface area (Å²) in [5.74, 6) is 0. The lowest BCUT2D eigenvalue weighted by molar-refractivity contribution is -0.128. The van der Waals surface area contributed by atoms with Gasteiger partial charge in [-0.1, -0.05) is 18.2 Å². The fraction of sp³-hybridized carbons (Fsp3) is 0.250. The number of nitrogens with one attached hydrogen (secondary N) is 1. The molecule has 80 valence electrons. The largest absolute Gasteiger partial charge is 0.468 e. The van der Waals surface area contributed by atoms with Gasteiger partial charge in [0.05, 0.1) is 6.61 Å². The molecule has 0 saturated heterocycles. The Hall–Kier alpha value is -1.77. The Labute approximate surface area is 89.1 Å². The normalized spacial score (nSPS) is 9.20. The van der Waals surface area contributed by atoms with Crippen molar-refractivity contribution in [3.8, 4) is 0 Å². The molecule has 0 aliphatic rings. The monoisotopic (exact) mass is 205 g/mol. The molecule has 0 unspecified atom stereocenters. The molecule has 0 atom stereocenters. The standard InChI is InChI=1S/C9H9N.C3H6O2/c1-7-6-10-9-5-3-2-4-8(7)9;1-2-5-3-4/h2-6,10H,1H3;3H,2H2,1H3. The minimum absolute atomic E-state index is 0.431. The number of H-pyrrole nitrogens is 1. The van der Waals surface area contributed by atoms with Crippen molar-refractivity contribution < 1.29 is 9.53 Å². The molecule has 0 bridgehead atoms. The second-order valence-corrected chi connectivity index (χ2v) is 3.07. The van der Waals surface area contributed by atoms with Gasteiger partial charge in [-0.25, -0.2) is 0 Å². The van der Waals surface area contributed by atoms with Crippen molar-refractivity contribution in [2.24, 2.45) is 0 Å². The zero-order valence-corrected chi connectivity index (χ0v) is 8.99. The highest BCUT2D eigenvalue weighted by atomic mass is 16.5. The van der Waals surface area contributed by atoms with Crippen LogP contribution in [0, 0.1) is 6.92 Å². The van der Waals surface area contributed by atoms with Gasteiger partial charge < -0.3 is 9.72 Å². The predicted octanol–water partition coefficient (Wildman–Crippen LogP) is 2.66. The first-order valence-electron chi connectivity index (χ1n) is 4.87. The molecule has 1 aromatic carbocycles. The molecule has 1 heterocycles. The van der Waals surface area contributed by atoms with Crippen molar-refractivity contribution in [3.05, 3.63) is 36.0 Å². The average Bonchev–Trinajstić information content (AvgIpc) is 2.64. The summed E-state index contributed by atoms with van der Waals surface area (Å²) in [6.45, 7) is 4.77. The second-order valence-electron chi connectivity index (χ2n) is 3.07. The number of benzene rings is 1. The number of rotatable bonds is 2. The van der Waals surface area contributed by atoms with E-state index in [1.165, 1.54) is 16.5 Å². The Balaban J connectivity index is 0.000000195. The molecule has 1 aromatic heterocycles. The summed E-state index contributed by atoms with van der Waals surface area (Å²) in [4.78, 5) is 12.4. The van der Waals surface area contributed by atoms with Crippen LogP contribution in [0.1, 0.15) is 12.5 Å². The first kappa shape index (κ1) is 11.3. The maximum atomic E-state index is 9.18. The first-order chi connectivity index (χ1) is 7.29. The van der Waals surface area contributed by atoms with Gasteiger partial charge in [-0.05, 0) is 25.5 Å². The van der Waals surface area contributed by atoms with Gasteiger partial charge in [-0.2, -0.15) is 0 Å². The van der Waals surface area contributed by atoms with Gasteiger partial charge in [-0.3, -0.25) is 4.79 Å². The van der Waals surface area contributed by atoms with E-state index in [-0.39, 0.29) is 0 Å². The molecule has 15 heavy (non-hydrogen) atoms. The van der Waals surface area contributed by atoms with E-state index in [1.54, 1.807) is 6.92 Å². The van der Waals surface area contributed by atoms with Crippen molar-refractivity contribution in [1.82, 2.24) is 4.98 Å². The minimum atomic E-state index is 0.431. The van der Waals surface area contributed by atoms with E-state index in [4.69, 9.17) is 0 Å². The molecule has 0 spiro atoms. The highest BCUT2D eigenvalue weighted by molar-refractivity contribution is 5.82. The van der Waals surface area contributed by atoms with Crippen molar-refractivity contribution >= 4 is 17.4 Å². The zero-order valence-electron chi connectivity index (χ0n) is 8.99. The number of carbonyl (C=O) groups excluding carboxylic acids is 1. The van der Waals surface area contributed by atoms with E-state index in [9.17, 15) is 4.79 Å². The molecule has 3 heteroatoms. The van der Waals surface area contributed by atoms with E-state index >= 15 is 0 Å². The highest BCUT2D eigenvalue weighted by Gasteiger charge is 1.94. The Morgan fingerprint density at radius 3 is 2.67 bits per heavy atom. The zero-order chi connectivity index (χ0) is 11.1. The van der Waals surface area contributed by atoms with Gasteiger partial charge in [0.25, 0.3) is 6.47 Å². The molecule has 0 saturated carbocycles. The average molecular weight is 205 g/mol. The molecule has 1 N–H and O–H groups in total. The predicted molar refractivity (Wildman–Crippen MR) is 60.7 cm³/mol. The molecule has 0 aliphatic carbocycles. The van der Waals surface area contributed by atoms with Crippen LogP contribution in [-0.2, 0) is 9.53 Å². The van der Waals surface area contributed by atoms with Crippen LogP contribution < -0.4 is 0 Å². The molecule has 0 aliphatic heterocycles. The SMILES string of the molecule is CCOC=O.Cc1c[nH]c2ccccc12. The maximum absolute atomic E-state index is 9.18. The number of fused-ring (bicyclic) bond motifs is 1. The third kappa shape index (κ3) is 3.13. The number of carbonyl (C=O) groups is 1. The number of para-hydroxylation sites is 1. The topological polar surface area (TPSA) is 42.1 Å². The van der Waals surface area contributed by atoms with Crippen molar-refractivity contribution in [3.63, 3.8) is 0 Å². The molecular weight excluding hydrogens is 190 g/mol. The summed E-state index contributed by atoms with van der Waals surface area (Å²) < 4.78 is 4.15. The van der Waals surface area contributed by atoms with E-state index in [1.807, 2.05) is 12.3 Å². The third-order valence-electron chi connectivity index (χ3n) is 2.03. The third-order valence-corrected chi connectivity index (χ3v) is 2.03. The molecule has 2 rings (SSSR count). The van der Waals surface area contributed by atoms with Gasteiger partial charge in [0.1, 0.15) is 0 Å². The molecule has 3 nitrogen and oxygen atoms in total. The maximum Gasteiger partial charge on any atom is 0.293 e. The summed E-state index contributed by atoms with van der Waals surface area (Å²) in [5, 5.41) is 1.32. The van der Waals surface area contributed by atoms with Gasteiger partial charge in [0.2, 0.25) is 0 Å². The van der Waals surface area contributed by atoms with Crippen LogP contribution in [-0.4, -0.2) is 18.1 Å². The van der Waals surface area contributed by atoms with E-state index < -0.39 is 0 Å². The van der Waals surface area contributed by atoms with Gasteiger partial charge >= 0.3 is 0 Å². The van der Waals surface area contributed by atoms with Gasteiger partial charge in [0, 0.05) is 17.1 Å². The van der Waals surface area contributed by atoms with Crippen LogP contribution in [0.25, 0.3) is 10.9 Å². The summed E-state index contributed by atoms with van der Waals surface area (Å²) in [6, 6.07) is 8.31. The highest BCUT2D eigenvalue weighted by Crippen LogP contribution is 2.15. The first-order valence-corrected chi connectivity index (χ1v) is 4.87. The van der Waals surface area contributed by atoms with E-state index in [2.05, 4.69) is 34.8 Å². The van der Waals surface area contributed by atoms with Crippen molar-refractivity contribution in [1.29, 1.82) is 0 Å². The molecule has 0 radical (unpaired) electrons. The van der Waals surface area contributed by atoms with Crippen LogP contribution in [0.5, 0.6) is 0 Å². The van der Waals surface area contributed by atoms with Crippen LogP contribution in [0.4, 0.5) is 0 Å². The Kier molecular flexibility index (Phi) is 4.41. The molecule has 0 amide bonds. The quantitative estimate of drug-likeness (QED) is 0.766. The summed E-state index contributed by atoms with van der Waals surface area (Å²) >= 11 is 0. The van der Waals surface area contributed by atoms with Crippen LogP contribution >= 0.6 is 0 Å². The van der Waals surface area contributed by atoms with Crippen LogP contribution in [0.15, 0.2) is 30.5 Å². The van der Waals surface area contributed by atoms with Crippen molar-refractivity contribution in [2.75, 3.05) is 6.61 Å². The Morgan fingerprint density at radius 1 is 1.40 bits per heavy atom. The molecule has 0 fully saturated rings. The Morgan fingerprint density at radius 2 is 2.13 bits per heavy atom.